The molecule has 1 aliphatic carbocycles. The number of ether oxygens (including phenoxy) is 1. The highest BCUT2D eigenvalue weighted by Gasteiger charge is 2.33. The molecule has 114 valence electrons. The van der Waals surface area contributed by atoms with Crippen LogP contribution in [0.25, 0.3) is 0 Å². The van der Waals surface area contributed by atoms with Crippen LogP contribution >= 0.6 is 0 Å². The number of hydrogen-bond acceptors (Lipinski definition) is 4. The molecule has 5 nitrogen and oxygen atoms in total. The van der Waals surface area contributed by atoms with Gasteiger partial charge in [-0.1, -0.05) is 12.8 Å². The topological polar surface area (TPSA) is 59.8 Å². The molecule has 2 heterocycles. The fourth-order valence-corrected chi connectivity index (χ4v) is 3.14. The summed E-state index contributed by atoms with van der Waals surface area (Å²) in [6.07, 6.45) is 5.58. The largest absolute Gasteiger partial charge is 0.486 e. The summed E-state index contributed by atoms with van der Waals surface area (Å²) in [4.78, 5) is 25.2. The minimum Gasteiger partial charge on any atom is -0.486 e. The van der Waals surface area contributed by atoms with E-state index in [4.69, 9.17) is 9.15 Å². The molecule has 1 aromatic heterocycles. The van der Waals surface area contributed by atoms with E-state index in [0.29, 0.717) is 36.9 Å². The van der Waals surface area contributed by atoms with Crippen LogP contribution in [-0.4, -0.2) is 30.0 Å². The SMILES string of the molecule is Cc1cc(OC2CN(C(=O)CC3CCCC3)C2)cc(=O)o1. The predicted octanol–water partition coefficient (Wildman–Crippen LogP) is 2.12. The molecule has 2 fully saturated rings. The van der Waals surface area contributed by atoms with Gasteiger partial charge in [0.15, 0.2) is 0 Å². The molecule has 0 radical (unpaired) electrons. The van der Waals surface area contributed by atoms with E-state index >= 15 is 0 Å². The van der Waals surface area contributed by atoms with Gasteiger partial charge in [-0.25, -0.2) is 4.79 Å². The number of carbonyl (C=O) groups excluding carboxylic acids is 1. The zero-order valence-electron chi connectivity index (χ0n) is 12.3. The molecule has 5 heteroatoms. The third kappa shape index (κ3) is 3.46. The van der Waals surface area contributed by atoms with Crippen LogP contribution in [0.3, 0.4) is 0 Å². The Kier molecular flexibility index (Phi) is 3.99. The Hall–Kier alpha value is -1.78. The molecule has 1 saturated heterocycles. The second-order valence-corrected chi connectivity index (χ2v) is 6.12. The van der Waals surface area contributed by atoms with Gasteiger partial charge >= 0.3 is 5.63 Å². The molecule has 0 atom stereocenters. The average Bonchev–Trinajstić information content (AvgIpc) is 2.84. The van der Waals surface area contributed by atoms with E-state index in [1.807, 2.05) is 4.90 Å². The van der Waals surface area contributed by atoms with Crippen molar-refractivity contribution in [2.45, 2.75) is 45.1 Å². The maximum Gasteiger partial charge on any atom is 0.339 e. The summed E-state index contributed by atoms with van der Waals surface area (Å²) in [5.41, 5.74) is -0.404. The fraction of sp³-hybridized carbons (Fsp3) is 0.625. The second kappa shape index (κ2) is 5.92. The summed E-state index contributed by atoms with van der Waals surface area (Å²) in [6, 6.07) is 3.04. The molecule has 1 saturated carbocycles. The molecular weight excluding hydrogens is 270 g/mol. The maximum absolute atomic E-state index is 12.1. The standard InChI is InChI=1S/C16H21NO4/c1-11-6-13(8-16(19)20-11)21-14-9-17(10-14)15(18)7-12-4-2-3-5-12/h6,8,12,14H,2-5,7,9-10H2,1H3. The number of likely N-dealkylation sites (tertiary alicyclic amines) is 1. The predicted molar refractivity (Wildman–Crippen MR) is 77.3 cm³/mol. The van der Waals surface area contributed by atoms with E-state index in [0.717, 1.165) is 0 Å². The highest BCUT2D eigenvalue weighted by atomic mass is 16.5. The Balaban J connectivity index is 1.46. The lowest BCUT2D eigenvalue weighted by Crippen LogP contribution is -2.56. The van der Waals surface area contributed by atoms with Gasteiger partial charge in [0.1, 0.15) is 17.6 Å². The number of hydrogen-bond donors (Lipinski definition) is 0. The Labute approximate surface area is 123 Å². The molecule has 1 aromatic rings. The summed E-state index contributed by atoms with van der Waals surface area (Å²) >= 11 is 0. The van der Waals surface area contributed by atoms with Crippen molar-refractivity contribution in [3.8, 4) is 5.75 Å². The lowest BCUT2D eigenvalue weighted by atomic mass is 10.0. The Morgan fingerprint density at radius 1 is 1.33 bits per heavy atom. The van der Waals surface area contributed by atoms with Gasteiger partial charge in [0.2, 0.25) is 5.91 Å². The van der Waals surface area contributed by atoms with Crippen molar-refractivity contribution < 1.29 is 13.9 Å². The van der Waals surface area contributed by atoms with Crippen LogP contribution in [0.4, 0.5) is 0 Å². The van der Waals surface area contributed by atoms with E-state index in [1.54, 1.807) is 13.0 Å². The fourth-order valence-electron chi connectivity index (χ4n) is 3.14. The van der Waals surface area contributed by atoms with Crippen LogP contribution in [0.15, 0.2) is 21.3 Å². The second-order valence-electron chi connectivity index (χ2n) is 6.12. The summed E-state index contributed by atoms with van der Waals surface area (Å²) in [5, 5.41) is 0. The third-order valence-electron chi connectivity index (χ3n) is 4.31. The molecule has 0 bridgehead atoms. The van der Waals surface area contributed by atoms with Crippen molar-refractivity contribution in [2.75, 3.05) is 13.1 Å². The van der Waals surface area contributed by atoms with E-state index in [9.17, 15) is 9.59 Å². The lowest BCUT2D eigenvalue weighted by molar-refractivity contribution is -0.141. The third-order valence-corrected chi connectivity index (χ3v) is 4.31. The summed E-state index contributed by atoms with van der Waals surface area (Å²) in [6.45, 7) is 2.95. The Morgan fingerprint density at radius 2 is 2.05 bits per heavy atom. The minimum atomic E-state index is -0.404. The summed E-state index contributed by atoms with van der Waals surface area (Å²) in [5.74, 6) is 1.88. The first kappa shape index (κ1) is 14.2. The Bertz CT molecular complexity index is 568. The molecule has 21 heavy (non-hydrogen) atoms. The van der Waals surface area contributed by atoms with Crippen LogP contribution in [0.2, 0.25) is 0 Å². The molecule has 0 spiro atoms. The monoisotopic (exact) mass is 291 g/mol. The van der Waals surface area contributed by atoms with Crippen LogP contribution in [0.5, 0.6) is 5.75 Å². The number of rotatable bonds is 4. The number of carbonyl (C=O) groups is 1. The van der Waals surface area contributed by atoms with E-state index in [2.05, 4.69) is 0 Å². The Morgan fingerprint density at radius 3 is 2.71 bits per heavy atom. The summed E-state index contributed by atoms with van der Waals surface area (Å²) in [7, 11) is 0. The molecule has 2 aliphatic rings. The quantitative estimate of drug-likeness (QED) is 0.852. The normalized spacial score (nSPS) is 19.6. The first-order chi connectivity index (χ1) is 10.1. The molecule has 0 unspecified atom stereocenters. The highest BCUT2D eigenvalue weighted by Crippen LogP contribution is 2.29. The van der Waals surface area contributed by atoms with Gasteiger partial charge in [-0.05, 0) is 25.7 Å². The number of aryl methyl sites for hydroxylation is 1. The number of amides is 1. The van der Waals surface area contributed by atoms with Crippen molar-refractivity contribution in [2.24, 2.45) is 5.92 Å². The maximum atomic E-state index is 12.1. The molecular formula is C16H21NO4. The van der Waals surface area contributed by atoms with Gasteiger partial charge in [-0.15, -0.1) is 0 Å². The molecule has 1 aliphatic heterocycles. The summed E-state index contributed by atoms with van der Waals surface area (Å²) < 4.78 is 10.6. The highest BCUT2D eigenvalue weighted by molar-refractivity contribution is 5.77. The van der Waals surface area contributed by atoms with Crippen molar-refractivity contribution in [1.29, 1.82) is 0 Å². The van der Waals surface area contributed by atoms with Crippen molar-refractivity contribution in [1.82, 2.24) is 4.90 Å². The smallest absolute Gasteiger partial charge is 0.339 e. The van der Waals surface area contributed by atoms with Gasteiger partial charge in [0, 0.05) is 12.5 Å². The minimum absolute atomic E-state index is 0.0151. The lowest BCUT2D eigenvalue weighted by Gasteiger charge is -2.39. The zero-order valence-corrected chi connectivity index (χ0v) is 12.3. The van der Waals surface area contributed by atoms with Crippen LogP contribution in [0, 0.1) is 12.8 Å². The van der Waals surface area contributed by atoms with Gasteiger partial charge in [-0.2, -0.15) is 0 Å². The van der Waals surface area contributed by atoms with Gasteiger partial charge in [-0.3, -0.25) is 4.79 Å². The van der Waals surface area contributed by atoms with E-state index < -0.39 is 5.63 Å². The first-order valence-electron chi connectivity index (χ1n) is 7.66. The van der Waals surface area contributed by atoms with Gasteiger partial charge in [0.05, 0.1) is 19.2 Å². The van der Waals surface area contributed by atoms with Crippen LogP contribution in [0.1, 0.15) is 37.9 Å². The first-order valence-corrected chi connectivity index (χ1v) is 7.66. The van der Waals surface area contributed by atoms with E-state index in [1.165, 1.54) is 31.7 Å². The van der Waals surface area contributed by atoms with E-state index in [-0.39, 0.29) is 12.0 Å². The van der Waals surface area contributed by atoms with Crippen molar-refractivity contribution in [3.63, 3.8) is 0 Å². The van der Waals surface area contributed by atoms with Crippen molar-refractivity contribution >= 4 is 5.91 Å². The number of nitrogens with zero attached hydrogens (tertiary/aromatic N) is 1. The van der Waals surface area contributed by atoms with Gasteiger partial charge in [0.25, 0.3) is 0 Å². The van der Waals surface area contributed by atoms with Gasteiger partial charge < -0.3 is 14.1 Å². The van der Waals surface area contributed by atoms with Crippen molar-refractivity contribution in [3.05, 3.63) is 28.3 Å². The molecule has 1 amide bonds. The van der Waals surface area contributed by atoms with Crippen LogP contribution < -0.4 is 10.4 Å². The molecule has 0 aromatic carbocycles. The average molecular weight is 291 g/mol. The zero-order chi connectivity index (χ0) is 14.8. The molecule has 3 rings (SSSR count). The van der Waals surface area contributed by atoms with Crippen LogP contribution in [-0.2, 0) is 4.79 Å². The molecule has 0 N–H and O–H groups in total.